The molecule has 0 aliphatic carbocycles. The molecule has 0 atom stereocenters. The predicted octanol–water partition coefficient (Wildman–Crippen LogP) is 5.33. The van der Waals surface area contributed by atoms with E-state index in [-0.39, 0.29) is 24.6 Å². The van der Waals surface area contributed by atoms with Gasteiger partial charge in [-0.05, 0) is 60.9 Å². The third kappa shape index (κ3) is 5.83. The zero-order chi connectivity index (χ0) is 26.7. The van der Waals surface area contributed by atoms with Crippen molar-refractivity contribution in [2.75, 3.05) is 16.8 Å². The van der Waals surface area contributed by atoms with Gasteiger partial charge in [0.05, 0.1) is 12.6 Å². The first-order chi connectivity index (χ1) is 17.6. The Balaban J connectivity index is 1.77. The fraction of sp³-hybridized carbons (Fsp3) is 0.440. The standard InChI is InChI=1S/C25H30F4N8/c1-5-8-30-22-18(11-17-12-21(6-2)37(7-3)23(17)31-22)15-36(24-32-34-35(4)33-24)14-16-9-19(25(27,28)29)13-20(26)10-16/h9-13H,5-8,14-15H2,1-4H3,(H,30,31). The van der Waals surface area contributed by atoms with Crippen LogP contribution in [0.3, 0.4) is 0 Å². The minimum Gasteiger partial charge on any atom is -0.370 e. The molecule has 4 aromatic rings. The zero-order valence-corrected chi connectivity index (χ0v) is 21.3. The van der Waals surface area contributed by atoms with Crippen LogP contribution < -0.4 is 10.2 Å². The van der Waals surface area contributed by atoms with Crippen LogP contribution in [0.15, 0.2) is 30.3 Å². The van der Waals surface area contributed by atoms with Crippen LogP contribution in [-0.2, 0) is 39.3 Å². The molecule has 3 heterocycles. The van der Waals surface area contributed by atoms with Crippen LogP contribution in [0.4, 0.5) is 29.3 Å². The van der Waals surface area contributed by atoms with Crippen LogP contribution >= 0.6 is 0 Å². The van der Waals surface area contributed by atoms with E-state index in [0.29, 0.717) is 18.4 Å². The van der Waals surface area contributed by atoms with Crippen molar-refractivity contribution in [3.8, 4) is 0 Å². The summed E-state index contributed by atoms with van der Waals surface area (Å²) in [5, 5.41) is 16.5. The summed E-state index contributed by atoms with van der Waals surface area (Å²) in [5.74, 6) is -0.0746. The lowest BCUT2D eigenvalue weighted by atomic mass is 10.1. The van der Waals surface area contributed by atoms with E-state index in [1.807, 2.05) is 13.0 Å². The van der Waals surface area contributed by atoms with Gasteiger partial charge in [0.15, 0.2) is 0 Å². The summed E-state index contributed by atoms with van der Waals surface area (Å²) >= 11 is 0. The van der Waals surface area contributed by atoms with Crippen molar-refractivity contribution in [3.05, 3.63) is 58.5 Å². The van der Waals surface area contributed by atoms with Gasteiger partial charge in [0, 0.05) is 42.8 Å². The molecule has 0 amide bonds. The quantitative estimate of drug-likeness (QED) is 0.286. The van der Waals surface area contributed by atoms with E-state index in [1.165, 1.54) is 4.80 Å². The maximum Gasteiger partial charge on any atom is 0.416 e. The molecule has 37 heavy (non-hydrogen) atoms. The Kier molecular flexibility index (Phi) is 7.65. The molecular formula is C25H30F4N8. The number of fused-ring (bicyclic) bond motifs is 1. The Morgan fingerprint density at radius 3 is 2.43 bits per heavy atom. The van der Waals surface area contributed by atoms with Crippen molar-refractivity contribution in [1.82, 2.24) is 29.8 Å². The first-order valence-corrected chi connectivity index (χ1v) is 12.2. The number of nitrogens with zero attached hydrogens (tertiary/aromatic N) is 7. The van der Waals surface area contributed by atoms with Gasteiger partial charge in [-0.2, -0.15) is 18.0 Å². The number of aromatic nitrogens is 6. The second-order valence-corrected chi connectivity index (χ2v) is 8.85. The average molecular weight is 519 g/mol. The van der Waals surface area contributed by atoms with Gasteiger partial charge in [0.1, 0.15) is 17.3 Å². The molecular weight excluding hydrogens is 488 g/mol. The number of halogens is 4. The average Bonchev–Trinajstić information content (AvgIpc) is 3.43. The number of tetrazole rings is 1. The molecule has 0 aliphatic heterocycles. The lowest BCUT2D eigenvalue weighted by Crippen LogP contribution is -2.25. The van der Waals surface area contributed by atoms with E-state index >= 15 is 0 Å². The van der Waals surface area contributed by atoms with Crippen LogP contribution in [0, 0.1) is 5.82 Å². The number of alkyl halides is 3. The molecule has 1 aromatic carbocycles. The minimum absolute atomic E-state index is 0.0615. The van der Waals surface area contributed by atoms with Gasteiger partial charge in [0.25, 0.3) is 5.95 Å². The van der Waals surface area contributed by atoms with E-state index in [2.05, 4.69) is 45.2 Å². The Morgan fingerprint density at radius 1 is 1.03 bits per heavy atom. The smallest absolute Gasteiger partial charge is 0.370 e. The normalized spacial score (nSPS) is 11.9. The highest BCUT2D eigenvalue weighted by Crippen LogP contribution is 2.32. The van der Waals surface area contributed by atoms with Gasteiger partial charge < -0.3 is 14.8 Å². The van der Waals surface area contributed by atoms with Crippen molar-refractivity contribution in [2.45, 2.75) is 59.4 Å². The third-order valence-corrected chi connectivity index (χ3v) is 6.06. The lowest BCUT2D eigenvalue weighted by Gasteiger charge is -2.23. The summed E-state index contributed by atoms with van der Waals surface area (Å²) in [6, 6.07) is 6.65. The van der Waals surface area contributed by atoms with Gasteiger partial charge >= 0.3 is 6.18 Å². The molecule has 0 bridgehead atoms. The molecule has 8 nitrogen and oxygen atoms in total. The molecule has 1 N–H and O–H groups in total. The molecule has 0 aliphatic rings. The van der Waals surface area contributed by atoms with Crippen LogP contribution in [0.1, 0.15) is 49.6 Å². The van der Waals surface area contributed by atoms with E-state index in [0.717, 1.165) is 53.8 Å². The number of rotatable bonds is 10. The van der Waals surface area contributed by atoms with Crippen LogP contribution in [0.25, 0.3) is 11.0 Å². The molecule has 0 unspecified atom stereocenters. The Hall–Kier alpha value is -3.70. The first kappa shape index (κ1) is 26.4. The van der Waals surface area contributed by atoms with Gasteiger partial charge in [0.2, 0.25) is 0 Å². The fourth-order valence-electron chi connectivity index (χ4n) is 4.37. The Bertz CT molecular complexity index is 1380. The highest BCUT2D eigenvalue weighted by Gasteiger charge is 2.31. The molecule has 0 radical (unpaired) electrons. The first-order valence-electron chi connectivity index (χ1n) is 12.2. The van der Waals surface area contributed by atoms with E-state index in [1.54, 1.807) is 11.9 Å². The SMILES string of the molecule is CCCNc1nc2c(cc1CN(Cc1cc(F)cc(C(F)(F)F)c1)c1nnn(C)n1)cc(CC)n2CC. The number of hydrogen-bond acceptors (Lipinski definition) is 6. The summed E-state index contributed by atoms with van der Waals surface area (Å²) in [4.78, 5) is 7.86. The summed E-state index contributed by atoms with van der Waals surface area (Å²) in [5.41, 5.74) is 1.94. The summed E-state index contributed by atoms with van der Waals surface area (Å²) in [7, 11) is 1.60. The molecule has 12 heteroatoms. The molecule has 198 valence electrons. The van der Waals surface area contributed by atoms with Crippen molar-refractivity contribution < 1.29 is 17.6 Å². The lowest BCUT2D eigenvalue weighted by molar-refractivity contribution is -0.137. The molecule has 3 aromatic heterocycles. The number of hydrogen-bond donors (Lipinski definition) is 1. The topological polar surface area (TPSA) is 76.7 Å². The van der Waals surface area contributed by atoms with Crippen molar-refractivity contribution >= 4 is 22.8 Å². The monoisotopic (exact) mass is 518 g/mol. The number of pyridine rings is 1. The molecule has 0 saturated heterocycles. The second kappa shape index (κ2) is 10.7. The van der Waals surface area contributed by atoms with E-state index < -0.39 is 17.6 Å². The van der Waals surface area contributed by atoms with Crippen LogP contribution in [0.5, 0.6) is 0 Å². The van der Waals surface area contributed by atoms with Crippen molar-refractivity contribution in [3.63, 3.8) is 0 Å². The van der Waals surface area contributed by atoms with Crippen LogP contribution in [-0.4, -0.2) is 36.3 Å². The maximum atomic E-state index is 14.1. The molecule has 0 saturated carbocycles. The summed E-state index contributed by atoms with van der Waals surface area (Å²) in [6.07, 6.45) is -2.93. The van der Waals surface area contributed by atoms with Gasteiger partial charge in [-0.25, -0.2) is 9.37 Å². The second-order valence-electron chi connectivity index (χ2n) is 8.85. The highest BCUT2D eigenvalue weighted by molar-refractivity contribution is 5.81. The fourth-order valence-corrected chi connectivity index (χ4v) is 4.37. The summed E-state index contributed by atoms with van der Waals surface area (Å²) in [6.45, 7) is 7.85. The van der Waals surface area contributed by atoms with Crippen LogP contribution in [0.2, 0.25) is 0 Å². The minimum atomic E-state index is -4.66. The van der Waals surface area contributed by atoms with Gasteiger partial charge in [-0.15, -0.1) is 5.10 Å². The third-order valence-electron chi connectivity index (χ3n) is 6.06. The summed E-state index contributed by atoms with van der Waals surface area (Å²) < 4.78 is 56.3. The van der Waals surface area contributed by atoms with Crippen molar-refractivity contribution in [2.24, 2.45) is 7.05 Å². The van der Waals surface area contributed by atoms with E-state index in [4.69, 9.17) is 4.98 Å². The Labute approximate surface area is 212 Å². The largest absolute Gasteiger partial charge is 0.416 e. The van der Waals surface area contributed by atoms with Crippen molar-refractivity contribution in [1.29, 1.82) is 0 Å². The zero-order valence-electron chi connectivity index (χ0n) is 21.3. The number of anilines is 2. The Morgan fingerprint density at radius 2 is 1.81 bits per heavy atom. The highest BCUT2D eigenvalue weighted by atomic mass is 19.4. The number of nitrogens with one attached hydrogen (secondary N) is 1. The number of benzene rings is 1. The molecule has 0 fully saturated rings. The van der Waals surface area contributed by atoms with E-state index in [9.17, 15) is 17.6 Å². The molecule has 4 rings (SSSR count). The predicted molar refractivity (Wildman–Crippen MR) is 134 cm³/mol. The van der Waals surface area contributed by atoms with Gasteiger partial charge in [-0.3, -0.25) is 0 Å². The molecule has 0 spiro atoms. The number of aryl methyl sites for hydroxylation is 3. The maximum absolute atomic E-state index is 14.1. The van der Waals surface area contributed by atoms with Gasteiger partial charge in [-0.1, -0.05) is 18.9 Å².